The highest BCUT2D eigenvalue weighted by atomic mass is 28.4. The first kappa shape index (κ1) is 48.2. The molecule has 294 valence electrons. The number of hydrogen-bond acceptors (Lipinski definition) is 15. The van der Waals surface area contributed by atoms with E-state index in [1.54, 1.807) is 0 Å². The van der Waals surface area contributed by atoms with E-state index in [9.17, 15) is 4.79 Å². The summed E-state index contributed by atoms with van der Waals surface area (Å²) in [6.07, 6.45) is 0. The first-order valence-electron chi connectivity index (χ1n) is 17.3. The lowest BCUT2D eigenvalue weighted by Gasteiger charge is -2.36. The normalized spacial score (nSPS) is 12.2. The van der Waals surface area contributed by atoms with Crippen molar-refractivity contribution in [2.24, 2.45) is 0 Å². The molecule has 0 aromatic rings. The lowest BCUT2D eigenvalue weighted by atomic mass is 10.2. The maximum atomic E-state index is 10.9. The fraction of sp³-hybridized carbons (Fsp3) is 0.970. The Bertz CT molecular complexity index is 697. The molecule has 0 saturated heterocycles. The molecule has 0 aliphatic carbocycles. The maximum Gasteiger partial charge on any atom is 0.331 e. The van der Waals surface area contributed by atoms with E-state index in [0.717, 1.165) is 0 Å². The third kappa shape index (κ3) is 35.4. The molecule has 0 saturated carbocycles. The van der Waals surface area contributed by atoms with Gasteiger partial charge in [0.1, 0.15) is 6.61 Å². The van der Waals surface area contributed by atoms with E-state index < -0.39 is 14.3 Å². The second-order valence-electron chi connectivity index (χ2n) is 12.0. The molecule has 0 aromatic heterocycles. The van der Waals surface area contributed by atoms with E-state index in [4.69, 9.17) is 61.3 Å². The SMILES string of the molecule is COC(=O)COCCOCCOCCOCCOCCOCCOCCOCCOCCOCCOCCOCCO[Si](C)(C)C(C)(C)C. The molecule has 0 aliphatic heterocycles. The molecule has 0 bridgehead atoms. The largest absolute Gasteiger partial charge is 0.467 e. The van der Waals surface area contributed by atoms with Crippen molar-refractivity contribution < 1.29 is 70.8 Å². The Balaban J connectivity index is 3.12. The van der Waals surface area contributed by atoms with Crippen LogP contribution in [0.2, 0.25) is 18.1 Å². The summed E-state index contributed by atoms with van der Waals surface area (Å²) in [6.45, 7) is 23.0. The number of esters is 1. The average Bonchev–Trinajstić information content (AvgIpc) is 3.07. The first-order chi connectivity index (χ1) is 23.7. The minimum atomic E-state index is -1.70. The van der Waals surface area contributed by atoms with Crippen LogP contribution in [0.1, 0.15) is 20.8 Å². The van der Waals surface area contributed by atoms with Gasteiger partial charge in [-0.2, -0.15) is 0 Å². The van der Waals surface area contributed by atoms with Crippen molar-refractivity contribution in [2.45, 2.75) is 38.9 Å². The Morgan fingerprint density at radius 1 is 0.388 bits per heavy atom. The molecule has 0 radical (unpaired) electrons. The third-order valence-electron chi connectivity index (χ3n) is 7.04. The highest BCUT2D eigenvalue weighted by molar-refractivity contribution is 6.74. The topological polar surface area (TPSA) is 146 Å². The second kappa shape index (κ2) is 35.6. The quantitative estimate of drug-likeness (QED) is 0.0518. The zero-order valence-corrected chi connectivity index (χ0v) is 32.3. The highest BCUT2D eigenvalue weighted by Gasteiger charge is 2.36. The highest BCUT2D eigenvalue weighted by Crippen LogP contribution is 2.36. The predicted octanol–water partition coefficient (Wildman–Crippen LogP) is 2.38. The summed E-state index contributed by atoms with van der Waals surface area (Å²) in [5.74, 6) is -0.408. The average molecular weight is 733 g/mol. The summed E-state index contributed by atoms with van der Waals surface area (Å²) in [5, 5.41) is 0.213. The van der Waals surface area contributed by atoms with Crippen molar-refractivity contribution >= 4 is 14.3 Å². The maximum absolute atomic E-state index is 10.9. The molecule has 0 spiro atoms. The Kier molecular flexibility index (Phi) is 35.0. The van der Waals surface area contributed by atoms with Crippen LogP contribution in [0.5, 0.6) is 0 Å². The van der Waals surface area contributed by atoms with Crippen molar-refractivity contribution in [3.05, 3.63) is 0 Å². The number of hydrogen-bond donors (Lipinski definition) is 0. The molecule has 0 aromatic carbocycles. The summed E-state index contributed by atoms with van der Waals surface area (Å²) in [5.41, 5.74) is 0. The van der Waals surface area contributed by atoms with Crippen molar-refractivity contribution in [1.82, 2.24) is 0 Å². The van der Waals surface area contributed by atoms with E-state index in [-0.39, 0.29) is 11.6 Å². The van der Waals surface area contributed by atoms with Crippen LogP contribution >= 0.6 is 0 Å². The van der Waals surface area contributed by atoms with E-state index in [2.05, 4.69) is 38.6 Å². The Morgan fingerprint density at radius 3 is 0.796 bits per heavy atom. The van der Waals surface area contributed by atoms with Gasteiger partial charge in [0, 0.05) is 0 Å². The van der Waals surface area contributed by atoms with Gasteiger partial charge < -0.3 is 66.0 Å². The fourth-order valence-corrected chi connectivity index (χ4v) is 4.23. The van der Waals surface area contributed by atoms with Gasteiger partial charge in [-0.1, -0.05) is 20.8 Å². The molecule has 15 nitrogen and oxygen atoms in total. The Morgan fingerprint density at radius 2 is 0.592 bits per heavy atom. The first-order valence-corrected chi connectivity index (χ1v) is 20.2. The molecule has 0 fully saturated rings. The standard InChI is InChI=1S/C33H68O15Si/c1-33(2,3)49(5,6)48-30-29-46-26-25-44-22-21-42-18-17-40-14-13-38-10-9-36-7-8-37-11-12-39-15-16-41-19-20-43-23-24-45-27-28-47-31-32(34)35-4/h7-31H2,1-6H3. The summed E-state index contributed by atoms with van der Waals surface area (Å²) in [4.78, 5) is 10.9. The fourth-order valence-electron chi connectivity index (χ4n) is 3.21. The molecule has 49 heavy (non-hydrogen) atoms. The van der Waals surface area contributed by atoms with Gasteiger partial charge in [-0.05, 0) is 18.1 Å². The van der Waals surface area contributed by atoms with Gasteiger partial charge in [-0.3, -0.25) is 0 Å². The van der Waals surface area contributed by atoms with Crippen LogP contribution in [0.4, 0.5) is 0 Å². The number of ether oxygens (including phenoxy) is 13. The molecule has 0 N–H and O–H groups in total. The lowest BCUT2D eigenvalue weighted by Crippen LogP contribution is -2.41. The monoisotopic (exact) mass is 732 g/mol. The van der Waals surface area contributed by atoms with Crippen molar-refractivity contribution in [1.29, 1.82) is 0 Å². The molecule has 0 amide bonds. The lowest BCUT2D eigenvalue weighted by molar-refractivity contribution is -0.146. The molecular formula is C33H68O15Si. The summed E-state index contributed by atoms with van der Waals surface area (Å²) >= 11 is 0. The Labute approximate surface area is 296 Å². The zero-order chi connectivity index (χ0) is 36.2. The van der Waals surface area contributed by atoms with E-state index >= 15 is 0 Å². The molecular weight excluding hydrogens is 664 g/mol. The van der Waals surface area contributed by atoms with E-state index in [1.165, 1.54) is 7.11 Å². The van der Waals surface area contributed by atoms with Crippen molar-refractivity contribution in [2.75, 3.05) is 172 Å². The molecule has 0 rings (SSSR count). The number of carbonyl (C=O) groups is 1. The Hall–Kier alpha value is -0.833. The van der Waals surface area contributed by atoms with Gasteiger partial charge in [0.05, 0.1) is 166 Å². The van der Waals surface area contributed by atoms with Crippen LogP contribution in [0, 0.1) is 0 Å². The van der Waals surface area contributed by atoms with Crippen molar-refractivity contribution in [3.63, 3.8) is 0 Å². The van der Waals surface area contributed by atoms with Gasteiger partial charge in [0.2, 0.25) is 0 Å². The minimum Gasteiger partial charge on any atom is -0.467 e. The molecule has 0 aliphatic rings. The summed E-state index contributed by atoms with van der Waals surface area (Å²) in [6, 6.07) is 0. The number of rotatable bonds is 39. The molecule has 0 heterocycles. The van der Waals surface area contributed by atoms with Gasteiger partial charge >= 0.3 is 5.97 Å². The molecule has 0 unspecified atom stereocenters. The number of methoxy groups -OCH3 is 1. The molecule has 0 atom stereocenters. The van der Waals surface area contributed by atoms with E-state index in [0.29, 0.717) is 159 Å². The van der Waals surface area contributed by atoms with Crippen LogP contribution in [0.25, 0.3) is 0 Å². The smallest absolute Gasteiger partial charge is 0.331 e. The van der Waals surface area contributed by atoms with Gasteiger partial charge in [0.15, 0.2) is 8.32 Å². The zero-order valence-electron chi connectivity index (χ0n) is 31.3. The van der Waals surface area contributed by atoms with E-state index in [1.807, 2.05) is 0 Å². The van der Waals surface area contributed by atoms with Crippen LogP contribution in [0.3, 0.4) is 0 Å². The van der Waals surface area contributed by atoms with Crippen LogP contribution in [0.15, 0.2) is 0 Å². The van der Waals surface area contributed by atoms with Gasteiger partial charge in [-0.25, -0.2) is 4.79 Å². The van der Waals surface area contributed by atoms with Gasteiger partial charge in [0.25, 0.3) is 0 Å². The predicted molar refractivity (Wildman–Crippen MR) is 185 cm³/mol. The third-order valence-corrected chi connectivity index (χ3v) is 11.6. The summed E-state index contributed by atoms with van der Waals surface area (Å²) in [7, 11) is -0.387. The van der Waals surface area contributed by atoms with Crippen molar-refractivity contribution in [3.8, 4) is 0 Å². The van der Waals surface area contributed by atoms with Gasteiger partial charge in [-0.15, -0.1) is 0 Å². The number of carbonyl (C=O) groups excluding carboxylic acids is 1. The minimum absolute atomic E-state index is 0.0711. The second-order valence-corrected chi connectivity index (χ2v) is 16.8. The van der Waals surface area contributed by atoms with Crippen LogP contribution in [-0.2, 0) is 70.8 Å². The molecule has 16 heteroatoms. The van der Waals surface area contributed by atoms with Crippen LogP contribution in [-0.4, -0.2) is 187 Å². The van der Waals surface area contributed by atoms with Crippen LogP contribution < -0.4 is 0 Å². The summed E-state index contributed by atoms with van der Waals surface area (Å²) < 4.78 is 75.8.